The zero-order chi connectivity index (χ0) is 8.97. The molecule has 1 rings (SSSR count). The Kier molecular flexibility index (Phi) is 4.09. The van der Waals surface area contributed by atoms with Crippen LogP contribution in [-0.4, -0.2) is 7.11 Å². The fourth-order valence-corrected chi connectivity index (χ4v) is 1.81. The summed E-state index contributed by atoms with van der Waals surface area (Å²) in [5.74, 6) is 0.941. The molecule has 0 heterocycles. The van der Waals surface area contributed by atoms with E-state index in [0.29, 0.717) is 0 Å². The van der Waals surface area contributed by atoms with E-state index in [4.69, 9.17) is 4.74 Å². The van der Waals surface area contributed by atoms with Crippen molar-refractivity contribution in [2.45, 2.75) is 10.7 Å². The summed E-state index contributed by atoms with van der Waals surface area (Å²) in [7, 11) is 1.69. The fourth-order valence-electron chi connectivity index (χ4n) is 1.02. The van der Waals surface area contributed by atoms with Crippen molar-refractivity contribution in [1.82, 2.24) is 0 Å². The first kappa shape index (κ1) is 10.1. The molecule has 0 aliphatic rings. The van der Waals surface area contributed by atoms with Crippen LogP contribution in [0.2, 0.25) is 0 Å². The lowest BCUT2D eigenvalue weighted by atomic mass is 10.1. The molecule has 0 radical (unpaired) electrons. The lowest BCUT2D eigenvalue weighted by molar-refractivity contribution is 0.411. The van der Waals surface area contributed by atoms with Gasteiger partial charge in [0.1, 0.15) is 5.75 Å². The number of ether oxygens (including phenoxy) is 1. The Labute approximate surface area is 89.4 Å². The maximum atomic E-state index is 5.19. The average Bonchev–Trinajstić information content (AvgIpc) is 2.16. The Hall–Kier alpha value is -0.0200. The smallest absolute Gasteiger partial charge is 0.122 e. The highest BCUT2D eigenvalue weighted by Gasteiger charge is 2.01. The molecule has 0 saturated heterocycles. The summed E-state index contributed by atoms with van der Waals surface area (Å²) in [6, 6.07) is 6.18. The molecule has 66 valence electrons. The number of hydrogen-bond donors (Lipinski definition) is 0. The molecule has 0 aromatic heterocycles. The van der Waals surface area contributed by atoms with Gasteiger partial charge in [0.15, 0.2) is 0 Å². The Morgan fingerprint density at radius 3 is 2.50 bits per heavy atom. The third-order valence-electron chi connectivity index (χ3n) is 1.64. The summed E-state index contributed by atoms with van der Waals surface area (Å²) < 4.78 is 5.19. The lowest BCUT2D eigenvalue weighted by Gasteiger charge is -2.06. The first-order valence-electron chi connectivity index (χ1n) is 3.59. The van der Waals surface area contributed by atoms with Crippen LogP contribution in [-0.2, 0) is 10.7 Å². The van der Waals surface area contributed by atoms with Crippen LogP contribution in [0.15, 0.2) is 18.2 Å². The van der Waals surface area contributed by atoms with Crippen molar-refractivity contribution >= 4 is 31.9 Å². The number of halogens is 2. The van der Waals surface area contributed by atoms with Crippen molar-refractivity contribution in [3.8, 4) is 5.75 Å². The Morgan fingerprint density at radius 2 is 2.00 bits per heavy atom. The van der Waals surface area contributed by atoms with Gasteiger partial charge < -0.3 is 4.74 Å². The molecule has 0 saturated carbocycles. The van der Waals surface area contributed by atoms with Crippen LogP contribution in [0.3, 0.4) is 0 Å². The molecule has 1 aromatic rings. The largest absolute Gasteiger partial charge is 0.496 e. The summed E-state index contributed by atoms with van der Waals surface area (Å²) in [6.45, 7) is 0. The second kappa shape index (κ2) is 4.87. The number of rotatable bonds is 3. The Morgan fingerprint density at radius 1 is 1.25 bits per heavy atom. The molecular formula is C9H10Br2O. The van der Waals surface area contributed by atoms with Crippen molar-refractivity contribution in [1.29, 1.82) is 0 Å². The predicted molar refractivity (Wildman–Crippen MR) is 58.3 cm³/mol. The summed E-state index contributed by atoms with van der Waals surface area (Å²) >= 11 is 6.83. The van der Waals surface area contributed by atoms with Crippen LogP contribution in [0.25, 0.3) is 0 Å². The molecule has 0 fully saturated rings. The minimum absolute atomic E-state index is 0.830. The van der Waals surface area contributed by atoms with E-state index in [9.17, 15) is 0 Å². The molecule has 1 nitrogen and oxygen atoms in total. The van der Waals surface area contributed by atoms with Crippen LogP contribution in [0.1, 0.15) is 11.1 Å². The topological polar surface area (TPSA) is 9.23 Å². The number of hydrogen-bond acceptors (Lipinski definition) is 1. The molecule has 0 spiro atoms. The SMILES string of the molecule is COc1ccc(CBr)cc1CBr. The van der Waals surface area contributed by atoms with Gasteiger partial charge in [0.25, 0.3) is 0 Å². The highest BCUT2D eigenvalue weighted by Crippen LogP contribution is 2.23. The monoisotopic (exact) mass is 292 g/mol. The molecule has 1 aromatic carbocycles. The first-order chi connectivity index (χ1) is 5.81. The molecule has 0 bridgehead atoms. The van der Waals surface area contributed by atoms with Gasteiger partial charge in [-0.2, -0.15) is 0 Å². The van der Waals surface area contributed by atoms with Gasteiger partial charge >= 0.3 is 0 Å². The minimum Gasteiger partial charge on any atom is -0.496 e. The first-order valence-corrected chi connectivity index (χ1v) is 5.83. The lowest BCUT2D eigenvalue weighted by Crippen LogP contribution is -1.90. The van der Waals surface area contributed by atoms with Crippen LogP contribution >= 0.6 is 31.9 Å². The number of methoxy groups -OCH3 is 1. The molecule has 0 N–H and O–H groups in total. The van der Waals surface area contributed by atoms with Gasteiger partial charge in [0.05, 0.1) is 7.11 Å². The van der Waals surface area contributed by atoms with Gasteiger partial charge in [-0.25, -0.2) is 0 Å². The average molecular weight is 294 g/mol. The second-order valence-electron chi connectivity index (χ2n) is 2.41. The summed E-state index contributed by atoms with van der Waals surface area (Å²) in [5.41, 5.74) is 2.46. The molecule has 0 aliphatic carbocycles. The molecule has 12 heavy (non-hydrogen) atoms. The summed E-state index contributed by atoms with van der Waals surface area (Å²) in [4.78, 5) is 0. The third kappa shape index (κ3) is 2.23. The maximum absolute atomic E-state index is 5.19. The summed E-state index contributed by atoms with van der Waals surface area (Å²) in [6.07, 6.45) is 0. The van der Waals surface area contributed by atoms with Crippen molar-refractivity contribution in [3.05, 3.63) is 29.3 Å². The normalized spacial score (nSPS) is 9.92. The van der Waals surface area contributed by atoms with E-state index < -0.39 is 0 Å². The molecule has 0 unspecified atom stereocenters. The van der Waals surface area contributed by atoms with Crippen molar-refractivity contribution in [3.63, 3.8) is 0 Å². The van der Waals surface area contributed by atoms with Crippen LogP contribution in [0.5, 0.6) is 5.75 Å². The molecule has 0 amide bonds. The minimum atomic E-state index is 0.830. The fraction of sp³-hybridized carbons (Fsp3) is 0.333. The van der Waals surface area contributed by atoms with E-state index in [1.54, 1.807) is 7.11 Å². The standard InChI is InChI=1S/C9H10Br2O/c1-12-9-3-2-7(5-10)4-8(9)6-11/h2-4H,5-6H2,1H3. The highest BCUT2D eigenvalue weighted by atomic mass is 79.9. The number of benzene rings is 1. The van der Waals surface area contributed by atoms with Crippen LogP contribution in [0.4, 0.5) is 0 Å². The van der Waals surface area contributed by atoms with E-state index in [2.05, 4.69) is 44.0 Å². The summed E-state index contributed by atoms with van der Waals surface area (Å²) in [5, 5.41) is 1.72. The van der Waals surface area contributed by atoms with Crippen LogP contribution < -0.4 is 4.74 Å². The van der Waals surface area contributed by atoms with Crippen LogP contribution in [0, 0.1) is 0 Å². The van der Waals surface area contributed by atoms with E-state index in [1.165, 1.54) is 11.1 Å². The van der Waals surface area contributed by atoms with Crippen molar-refractivity contribution in [2.75, 3.05) is 7.11 Å². The number of alkyl halides is 2. The molecule has 0 aliphatic heterocycles. The van der Waals surface area contributed by atoms with E-state index in [0.717, 1.165) is 16.4 Å². The third-order valence-corrected chi connectivity index (χ3v) is 2.89. The van der Waals surface area contributed by atoms with Gasteiger partial charge in [-0.3, -0.25) is 0 Å². The van der Waals surface area contributed by atoms with Gasteiger partial charge in [-0.15, -0.1) is 0 Å². The zero-order valence-corrected chi connectivity index (χ0v) is 9.98. The maximum Gasteiger partial charge on any atom is 0.122 e. The molecule has 3 heteroatoms. The van der Waals surface area contributed by atoms with Gasteiger partial charge in [-0.05, 0) is 11.6 Å². The quantitative estimate of drug-likeness (QED) is 0.775. The van der Waals surface area contributed by atoms with E-state index in [1.807, 2.05) is 6.07 Å². The van der Waals surface area contributed by atoms with Gasteiger partial charge in [-0.1, -0.05) is 44.0 Å². The van der Waals surface area contributed by atoms with E-state index >= 15 is 0 Å². The predicted octanol–water partition coefficient (Wildman–Crippen LogP) is 3.49. The molecular weight excluding hydrogens is 284 g/mol. The van der Waals surface area contributed by atoms with Crippen molar-refractivity contribution in [2.24, 2.45) is 0 Å². The molecule has 0 atom stereocenters. The Balaban J connectivity index is 3.02. The zero-order valence-electron chi connectivity index (χ0n) is 6.81. The Bertz CT molecular complexity index is 261. The highest BCUT2D eigenvalue weighted by molar-refractivity contribution is 9.08. The van der Waals surface area contributed by atoms with Gasteiger partial charge in [0.2, 0.25) is 0 Å². The second-order valence-corrected chi connectivity index (χ2v) is 3.53. The van der Waals surface area contributed by atoms with E-state index in [-0.39, 0.29) is 0 Å². The van der Waals surface area contributed by atoms with Crippen molar-refractivity contribution < 1.29 is 4.74 Å². The van der Waals surface area contributed by atoms with Gasteiger partial charge in [0, 0.05) is 16.2 Å².